The number of unbranched alkanes of at least 4 members (excludes halogenated alkanes) is 1. The van der Waals surface area contributed by atoms with E-state index in [4.69, 9.17) is 5.11 Å². The van der Waals surface area contributed by atoms with E-state index in [1.165, 1.54) is 4.90 Å². The number of hydrogen-bond acceptors (Lipinski definition) is 3. The number of carboxylic acid groups (broad SMARTS) is 1. The number of nitrogens with zero attached hydrogens (tertiary/aromatic N) is 1. The van der Waals surface area contributed by atoms with Gasteiger partial charge in [0.05, 0.1) is 6.10 Å². The Morgan fingerprint density at radius 2 is 2.13 bits per heavy atom. The van der Waals surface area contributed by atoms with E-state index < -0.39 is 18.1 Å². The Morgan fingerprint density at radius 1 is 1.47 bits per heavy atom. The van der Waals surface area contributed by atoms with Crippen LogP contribution in [0.3, 0.4) is 0 Å². The molecule has 0 aliphatic carbocycles. The molecule has 1 amide bonds. The van der Waals surface area contributed by atoms with E-state index >= 15 is 0 Å². The van der Waals surface area contributed by atoms with Gasteiger partial charge in [-0.1, -0.05) is 13.3 Å². The molecule has 86 valence electrons. The molecule has 0 bridgehead atoms. The molecule has 5 nitrogen and oxygen atoms in total. The standard InChI is InChI=1S/C10H17NO4/c1-2-3-4-9(13)11-6-7(12)5-8(11)10(14)15/h7-8,12H,2-6H2,1H3,(H,14,15)/t7-,8+/m1/s1. The van der Waals surface area contributed by atoms with Crippen molar-refractivity contribution < 1.29 is 19.8 Å². The van der Waals surface area contributed by atoms with Crippen LogP contribution in [0.2, 0.25) is 0 Å². The second-order valence-electron chi connectivity index (χ2n) is 3.89. The first-order valence-electron chi connectivity index (χ1n) is 5.26. The van der Waals surface area contributed by atoms with Crippen LogP contribution >= 0.6 is 0 Å². The average molecular weight is 215 g/mol. The highest BCUT2D eigenvalue weighted by Crippen LogP contribution is 2.19. The van der Waals surface area contributed by atoms with Gasteiger partial charge in [-0.05, 0) is 6.42 Å². The minimum atomic E-state index is -1.03. The zero-order valence-corrected chi connectivity index (χ0v) is 8.85. The summed E-state index contributed by atoms with van der Waals surface area (Å²) in [6, 6.07) is -0.843. The molecule has 1 fully saturated rings. The Bertz CT molecular complexity index is 254. The number of carboxylic acids is 1. The topological polar surface area (TPSA) is 77.8 Å². The fourth-order valence-corrected chi connectivity index (χ4v) is 1.80. The largest absolute Gasteiger partial charge is 0.480 e. The predicted octanol–water partition coefficient (Wildman–Crippen LogP) is 0.223. The molecule has 0 saturated carbocycles. The summed E-state index contributed by atoms with van der Waals surface area (Å²) in [5.74, 6) is -1.20. The van der Waals surface area contributed by atoms with Gasteiger partial charge in [0, 0.05) is 19.4 Å². The smallest absolute Gasteiger partial charge is 0.326 e. The van der Waals surface area contributed by atoms with Crippen molar-refractivity contribution in [3.8, 4) is 0 Å². The number of aliphatic hydroxyl groups is 1. The molecule has 15 heavy (non-hydrogen) atoms. The molecule has 0 aromatic heterocycles. The van der Waals surface area contributed by atoms with Gasteiger partial charge in [-0.3, -0.25) is 4.79 Å². The number of aliphatic hydroxyl groups excluding tert-OH is 1. The molecule has 0 aromatic rings. The molecular formula is C10H17NO4. The summed E-state index contributed by atoms with van der Waals surface area (Å²) in [4.78, 5) is 23.7. The molecular weight excluding hydrogens is 198 g/mol. The number of likely N-dealkylation sites (tertiary alicyclic amines) is 1. The van der Waals surface area contributed by atoms with Gasteiger partial charge in [0.15, 0.2) is 0 Å². The molecule has 0 unspecified atom stereocenters. The van der Waals surface area contributed by atoms with Crippen LogP contribution in [0.25, 0.3) is 0 Å². The summed E-state index contributed by atoms with van der Waals surface area (Å²) in [5, 5.41) is 18.2. The van der Waals surface area contributed by atoms with Crippen LogP contribution in [-0.4, -0.2) is 45.7 Å². The molecule has 1 aliphatic heterocycles. The zero-order chi connectivity index (χ0) is 11.4. The van der Waals surface area contributed by atoms with Crippen LogP contribution in [0.5, 0.6) is 0 Å². The minimum absolute atomic E-state index is 0.146. The monoisotopic (exact) mass is 215 g/mol. The molecule has 2 N–H and O–H groups in total. The summed E-state index contributed by atoms with van der Waals surface area (Å²) in [6.07, 6.45) is 1.48. The van der Waals surface area contributed by atoms with Crippen molar-refractivity contribution in [2.24, 2.45) is 0 Å². The van der Waals surface area contributed by atoms with Gasteiger partial charge in [-0.2, -0.15) is 0 Å². The van der Waals surface area contributed by atoms with Gasteiger partial charge >= 0.3 is 5.97 Å². The Hall–Kier alpha value is -1.10. The molecule has 1 heterocycles. The Kier molecular flexibility index (Phi) is 4.08. The first kappa shape index (κ1) is 12.0. The Labute approximate surface area is 88.7 Å². The molecule has 0 aromatic carbocycles. The number of carbonyl (C=O) groups is 2. The molecule has 2 atom stereocenters. The average Bonchev–Trinajstić information content (AvgIpc) is 2.57. The fraction of sp³-hybridized carbons (Fsp3) is 0.800. The van der Waals surface area contributed by atoms with Gasteiger partial charge in [0.1, 0.15) is 6.04 Å². The first-order chi connectivity index (χ1) is 7.06. The summed E-state index contributed by atoms with van der Waals surface area (Å²) in [6.45, 7) is 2.13. The Morgan fingerprint density at radius 3 is 2.67 bits per heavy atom. The molecule has 0 spiro atoms. The van der Waals surface area contributed by atoms with Crippen molar-refractivity contribution in [1.82, 2.24) is 4.90 Å². The molecule has 0 radical (unpaired) electrons. The lowest BCUT2D eigenvalue weighted by Crippen LogP contribution is -2.40. The highest BCUT2D eigenvalue weighted by Gasteiger charge is 2.38. The number of hydrogen-bond donors (Lipinski definition) is 2. The third kappa shape index (κ3) is 2.92. The first-order valence-corrected chi connectivity index (χ1v) is 5.26. The lowest BCUT2D eigenvalue weighted by atomic mass is 10.2. The SMILES string of the molecule is CCCCC(=O)N1C[C@H](O)C[C@H]1C(=O)O. The highest BCUT2D eigenvalue weighted by molar-refractivity contribution is 5.84. The van der Waals surface area contributed by atoms with E-state index in [0.29, 0.717) is 6.42 Å². The van der Waals surface area contributed by atoms with Crippen LogP contribution in [0.15, 0.2) is 0 Å². The fourth-order valence-electron chi connectivity index (χ4n) is 1.80. The van der Waals surface area contributed by atoms with Gasteiger partial charge in [-0.15, -0.1) is 0 Å². The molecule has 1 saturated heterocycles. The zero-order valence-electron chi connectivity index (χ0n) is 8.85. The second kappa shape index (κ2) is 5.11. The number of amides is 1. The van der Waals surface area contributed by atoms with E-state index in [0.717, 1.165) is 12.8 Å². The van der Waals surface area contributed by atoms with Crippen LogP contribution in [-0.2, 0) is 9.59 Å². The number of β-amino-alcohol motifs (C(OH)–C–C–N with tert-alkyl or cyclic N) is 1. The van der Waals surface area contributed by atoms with E-state index in [-0.39, 0.29) is 18.9 Å². The van der Waals surface area contributed by atoms with Gasteiger partial charge < -0.3 is 15.1 Å². The maximum atomic E-state index is 11.6. The van der Waals surface area contributed by atoms with Crippen LogP contribution in [0.4, 0.5) is 0 Å². The lowest BCUT2D eigenvalue weighted by molar-refractivity contribution is -0.148. The molecule has 1 rings (SSSR count). The van der Waals surface area contributed by atoms with Crippen LogP contribution in [0, 0.1) is 0 Å². The van der Waals surface area contributed by atoms with E-state index in [1.807, 2.05) is 6.92 Å². The van der Waals surface area contributed by atoms with Crippen molar-refractivity contribution in [3.63, 3.8) is 0 Å². The van der Waals surface area contributed by atoms with Crippen molar-refractivity contribution in [2.45, 2.75) is 44.8 Å². The van der Waals surface area contributed by atoms with Gasteiger partial charge in [0.2, 0.25) is 5.91 Å². The normalized spacial score (nSPS) is 25.6. The molecule has 1 aliphatic rings. The summed E-state index contributed by atoms with van der Waals surface area (Å²) < 4.78 is 0. The highest BCUT2D eigenvalue weighted by atomic mass is 16.4. The Balaban J connectivity index is 2.58. The second-order valence-corrected chi connectivity index (χ2v) is 3.89. The number of carbonyl (C=O) groups excluding carboxylic acids is 1. The van der Waals surface area contributed by atoms with Crippen molar-refractivity contribution >= 4 is 11.9 Å². The third-order valence-electron chi connectivity index (χ3n) is 2.63. The van der Waals surface area contributed by atoms with Gasteiger partial charge in [-0.25, -0.2) is 4.79 Å². The predicted molar refractivity (Wildman–Crippen MR) is 53.3 cm³/mol. The van der Waals surface area contributed by atoms with Crippen LogP contribution in [0.1, 0.15) is 32.6 Å². The summed E-state index contributed by atoms with van der Waals surface area (Å²) in [5.41, 5.74) is 0. The van der Waals surface area contributed by atoms with Crippen LogP contribution < -0.4 is 0 Å². The number of rotatable bonds is 4. The quantitative estimate of drug-likeness (QED) is 0.703. The third-order valence-corrected chi connectivity index (χ3v) is 2.63. The minimum Gasteiger partial charge on any atom is -0.480 e. The van der Waals surface area contributed by atoms with E-state index in [9.17, 15) is 14.7 Å². The van der Waals surface area contributed by atoms with Gasteiger partial charge in [0.25, 0.3) is 0 Å². The number of aliphatic carboxylic acids is 1. The van der Waals surface area contributed by atoms with Crippen molar-refractivity contribution in [3.05, 3.63) is 0 Å². The lowest BCUT2D eigenvalue weighted by Gasteiger charge is -2.20. The summed E-state index contributed by atoms with van der Waals surface area (Å²) in [7, 11) is 0. The van der Waals surface area contributed by atoms with Crippen molar-refractivity contribution in [1.29, 1.82) is 0 Å². The maximum Gasteiger partial charge on any atom is 0.326 e. The van der Waals surface area contributed by atoms with Crippen molar-refractivity contribution in [2.75, 3.05) is 6.54 Å². The van der Waals surface area contributed by atoms with E-state index in [1.54, 1.807) is 0 Å². The van der Waals surface area contributed by atoms with E-state index in [2.05, 4.69) is 0 Å². The molecule has 5 heteroatoms. The summed E-state index contributed by atoms with van der Waals surface area (Å²) >= 11 is 0. The maximum absolute atomic E-state index is 11.6.